The number of rotatable bonds is 1. The highest BCUT2D eigenvalue weighted by Gasteiger charge is 2.28. The highest BCUT2D eigenvalue weighted by atomic mass is 32.3. The summed E-state index contributed by atoms with van der Waals surface area (Å²) in [6, 6.07) is 18.5. The van der Waals surface area contributed by atoms with Crippen LogP contribution in [0.25, 0.3) is 0 Å². The molecule has 99 valence electrons. The molecule has 3 nitrogen and oxygen atoms in total. The maximum atomic E-state index is 10.3. The average molecular weight is 274 g/mol. The van der Waals surface area contributed by atoms with Gasteiger partial charge in [0, 0.05) is 6.54 Å². The Labute approximate surface area is 114 Å². The third-order valence-corrected chi connectivity index (χ3v) is 5.22. The van der Waals surface area contributed by atoms with E-state index >= 15 is 0 Å². The molecule has 2 aromatic carbocycles. The van der Waals surface area contributed by atoms with E-state index in [1.807, 2.05) is 30.3 Å². The van der Waals surface area contributed by atoms with Crippen molar-refractivity contribution in [1.29, 1.82) is 0 Å². The van der Waals surface area contributed by atoms with Crippen LogP contribution in [0.4, 0.5) is 0 Å². The third-order valence-electron chi connectivity index (χ3n) is 3.39. The molecular formula is C15H16NO2S. The van der Waals surface area contributed by atoms with Crippen molar-refractivity contribution in [3.63, 3.8) is 0 Å². The van der Waals surface area contributed by atoms with Crippen LogP contribution in [0, 0.1) is 6.07 Å². The Kier molecular flexibility index (Phi) is 3.33. The molecule has 0 saturated heterocycles. The molecule has 1 atom stereocenters. The number of fused-ring (bicyclic) bond motifs is 1. The van der Waals surface area contributed by atoms with Crippen molar-refractivity contribution in [2.75, 3.05) is 12.3 Å². The fourth-order valence-electron chi connectivity index (χ4n) is 2.46. The fraction of sp³-hybridized carbons (Fsp3) is 0.200. The van der Waals surface area contributed by atoms with Crippen LogP contribution in [0.2, 0.25) is 0 Å². The lowest BCUT2D eigenvalue weighted by molar-refractivity contribution is 0.487. The summed E-state index contributed by atoms with van der Waals surface area (Å²) in [6.07, 6.45) is 0. The zero-order valence-corrected chi connectivity index (χ0v) is 11.2. The molecule has 0 bridgehead atoms. The van der Waals surface area contributed by atoms with Crippen LogP contribution in [0.15, 0.2) is 53.4 Å². The zero-order chi connectivity index (χ0) is 13.3. The van der Waals surface area contributed by atoms with Crippen molar-refractivity contribution in [3.8, 4) is 0 Å². The predicted octanol–water partition coefficient (Wildman–Crippen LogP) is 3.29. The molecule has 3 rings (SSSR count). The van der Waals surface area contributed by atoms with E-state index in [9.17, 15) is 9.11 Å². The van der Waals surface area contributed by atoms with E-state index in [1.165, 1.54) is 0 Å². The highest BCUT2D eigenvalue weighted by Crippen LogP contribution is 2.52. The van der Waals surface area contributed by atoms with Gasteiger partial charge in [-0.05, 0) is 23.3 Å². The van der Waals surface area contributed by atoms with Gasteiger partial charge in [0.2, 0.25) is 0 Å². The van der Waals surface area contributed by atoms with Crippen LogP contribution in [0.5, 0.6) is 0 Å². The minimum atomic E-state index is -2.71. The molecule has 0 aromatic heterocycles. The summed E-state index contributed by atoms with van der Waals surface area (Å²) in [6.45, 7) is 0.580. The Hall–Kier alpha value is -1.33. The summed E-state index contributed by atoms with van der Waals surface area (Å²) in [4.78, 5) is 0.619. The Morgan fingerprint density at radius 1 is 1.16 bits per heavy atom. The van der Waals surface area contributed by atoms with E-state index in [1.54, 1.807) is 6.07 Å². The van der Waals surface area contributed by atoms with Gasteiger partial charge >= 0.3 is 0 Å². The zero-order valence-electron chi connectivity index (χ0n) is 10.4. The maximum absolute atomic E-state index is 10.3. The topological polar surface area (TPSA) is 52.5 Å². The van der Waals surface area contributed by atoms with E-state index in [4.69, 9.17) is 0 Å². The summed E-state index contributed by atoms with van der Waals surface area (Å²) in [5, 5.41) is 3.40. The van der Waals surface area contributed by atoms with Gasteiger partial charge in [0.05, 0.1) is 16.7 Å². The van der Waals surface area contributed by atoms with Gasteiger partial charge in [-0.3, -0.25) is 9.11 Å². The normalized spacial score (nSPS) is 23.2. The van der Waals surface area contributed by atoms with Crippen molar-refractivity contribution in [2.24, 2.45) is 0 Å². The highest BCUT2D eigenvalue weighted by molar-refractivity contribution is 8.24. The van der Waals surface area contributed by atoms with Crippen molar-refractivity contribution in [3.05, 3.63) is 65.7 Å². The van der Waals surface area contributed by atoms with Gasteiger partial charge in [0.15, 0.2) is 0 Å². The second-order valence-electron chi connectivity index (χ2n) is 4.63. The molecule has 0 amide bonds. The van der Waals surface area contributed by atoms with Crippen molar-refractivity contribution < 1.29 is 9.11 Å². The molecule has 0 spiro atoms. The maximum Gasteiger partial charge on any atom is 0.0641 e. The quantitative estimate of drug-likeness (QED) is 0.748. The SMILES string of the molecule is OS1(O)CCNC(c2ccccc2)c2cc[c]cc21. The van der Waals surface area contributed by atoms with Gasteiger partial charge in [0.1, 0.15) is 0 Å². The van der Waals surface area contributed by atoms with Gasteiger partial charge < -0.3 is 5.32 Å². The number of hydrogen-bond donors (Lipinski definition) is 3. The molecule has 1 radical (unpaired) electrons. The first kappa shape index (κ1) is 12.7. The van der Waals surface area contributed by atoms with Crippen molar-refractivity contribution in [2.45, 2.75) is 10.9 Å². The molecule has 1 unspecified atom stereocenters. The molecule has 1 aliphatic rings. The van der Waals surface area contributed by atoms with Crippen LogP contribution < -0.4 is 5.32 Å². The smallest absolute Gasteiger partial charge is 0.0641 e. The monoisotopic (exact) mass is 274 g/mol. The molecule has 0 fully saturated rings. The Morgan fingerprint density at radius 3 is 2.74 bits per heavy atom. The second kappa shape index (κ2) is 4.98. The van der Waals surface area contributed by atoms with Crippen LogP contribution >= 0.6 is 10.6 Å². The Morgan fingerprint density at radius 2 is 1.95 bits per heavy atom. The van der Waals surface area contributed by atoms with Gasteiger partial charge in [0.25, 0.3) is 0 Å². The summed E-state index contributed by atoms with van der Waals surface area (Å²) < 4.78 is 20.5. The second-order valence-corrected chi connectivity index (χ2v) is 6.81. The molecule has 4 heteroatoms. The Bertz CT molecular complexity index is 571. The minimum Gasteiger partial charge on any atom is -0.305 e. The van der Waals surface area contributed by atoms with Crippen LogP contribution in [0.1, 0.15) is 17.2 Å². The van der Waals surface area contributed by atoms with Gasteiger partial charge in [-0.25, -0.2) is 0 Å². The molecule has 0 aliphatic carbocycles. The van der Waals surface area contributed by atoms with Crippen molar-refractivity contribution >= 4 is 10.6 Å². The standard InChI is InChI=1S/C15H16NO2S/c17-19(18)11-10-16-15(12-6-2-1-3-7-12)13-8-4-5-9-14(13)19/h1-4,6-9,15-18H,10-11H2. The van der Waals surface area contributed by atoms with Crippen LogP contribution in [-0.4, -0.2) is 21.4 Å². The molecule has 2 aromatic rings. The largest absolute Gasteiger partial charge is 0.305 e. The van der Waals surface area contributed by atoms with Gasteiger partial charge in [-0.1, -0.05) is 42.5 Å². The van der Waals surface area contributed by atoms with Crippen LogP contribution in [0.3, 0.4) is 0 Å². The summed E-state index contributed by atoms with van der Waals surface area (Å²) >= 11 is 0. The molecular weight excluding hydrogens is 258 g/mol. The molecule has 0 saturated carbocycles. The number of hydrogen-bond acceptors (Lipinski definition) is 3. The van der Waals surface area contributed by atoms with E-state index in [2.05, 4.69) is 23.5 Å². The molecule has 3 N–H and O–H groups in total. The van der Waals surface area contributed by atoms with Crippen LogP contribution in [-0.2, 0) is 0 Å². The number of benzene rings is 2. The summed E-state index contributed by atoms with van der Waals surface area (Å²) in [5.74, 6) is 0.348. The van der Waals surface area contributed by atoms with Gasteiger partial charge in [-0.15, -0.1) is 0 Å². The lowest BCUT2D eigenvalue weighted by atomic mass is 9.99. The third kappa shape index (κ3) is 2.40. The first-order chi connectivity index (χ1) is 9.18. The molecule has 1 aliphatic heterocycles. The predicted molar refractivity (Wildman–Crippen MR) is 77.5 cm³/mol. The minimum absolute atomic E-state index is 0.000486. The molecule has 1 heterocycles. The first-order valence-corrected chi connectivity index (χ1v) is 7.94. The van der Waals surface area contributed by atoms with Gasteiger partial charge in [-0.2, -0.15) is 10.6 Å². The lowest BCUT2D eigenvalue weighted by Crippen LogP contribution is -2.23. The van der Waals surface area contributed by atoms with E-state index < -0.39 is 10.6 Å². The first-order valence-electron chi connectivity index (χ1n) is 6.23. The summed E-state index contributed by atoms with van der Waals surface area (Å²) in [5.41, 5.74) is 2.06. The molecule has 19 heavy (non-hydrogen) atoms. The fourth-order valence-corrected chi connectivity index (χ4v) is 3.90. The van der Waals surface area contributed by atoms with Crippen molar-refractivity contribution in [1.82, 2.24) is 5.32 Å². The number of nitrogens with one attached hydrogen (secondary N) is 1. The Balaban J connectivity index is 2.12. The summed E-state index contributed by atoms with van der Waals surface area (Å²) in [7, 11) is -2.71. The average Bonchev–Trinajstić information content (AvgIpc) is 2.57. The van der Waals surface area contributed by atoms with E-state index in [-0.39, 0.29) is 6.04 Å². The lowest BCUT2D eigenvalue weighted by Gasteiger charge is -2.32. The van der Waals surface area contributed by atoms with E-state index in [0.717, 1.165) is 11.1 Å². The van der Waals surface area contributed by atoms with E-state index in [0.29, 0.717) is 17.2 Å².